The number of phenolic OH excluding ortho intramolecular Hbond substituents is 1. The summed E-state index contributed by atoms with van der Waals surface area (Å²) in [6.45, 7) is 2.37. The first-order valence-corrected chi connectivity index (χ1v) is 11.5. The van der Waals surface area contributed by atoms with E-state index in [0.717, 1.165) is 43.0 Å². The Morgan fingerprint density at radius 1 is 1.07 bits per heavy atom. The predicted molar refractivity (Wildman–Crippen MR) is 116 cm³/mol. The van der Waals surface area contributed by atoms with Gasteiger partial charge in [0.15, 0.2) is 0 Å². The molecule has 3 aliphatic rings. The molecule has 2 fully saturated rings. The number of halogens is 1. The van der Waals surface area contributed by atoms with Crippen LogP contribution in [0.25, 0.3) is 0 Å². The minimum atomic E-state index is -0.612. The molecule has 5 rings (SSSR count). The molecule has 0 amide bonds. The topological polar surface area (TPSA) is 40.5 Å². The molecule has 2 nitrogen and oxygen atoms in total. The van der Waals surface area contributed by atoms with Crippen molar-refractivity contribution in [2.24, 2.45) is 17.3 Å². The van der Waals surface area contributed by atoms with Crippen molar-refractivity contribution in [2.45, 2.75) is 63.4 Å². The van der Waals surface area contributed by atoms with Crippen molar-refractivity contribution in [3.05, 3.63) is 63.6 Å². The van der Waals surface area contributed by atoms with E-state index in [9.17, 15) is 10.2 Å². The zero-order valence-electron chi connectivity index (χ0n) is 16.5. The molecule has 0 bridgehead atoms. The fourth-order valence-corrected chi connectivity index (χ4v) is 7.40. The van der Waals surface area contributed by atoms with Crippen LogP contribution in [0.3, 0.4) is 0 Å². The van der Waals surface area contributed by atoms with Crippen molar-refractivity contribution in [3.8, 4) is 5.75 Å². The predicted octanol–water partition coefficient (Wildman–Crippen LogP) is 5.98. The lowest BCUT2D eigenvalue weighted by Crippen LogP contribution is -2.51. The van der Waals surface area contributed by atoms with Crippen LogP contribution in [0.2, 0.25) is 0 Å². The van der Waals surface area contributed by atoms with Crippen molar-refractivity contribution >= 4 is 15.9 Å². The van der Waals surface area contributed by atoms with Gasteiger partial charge in [-0.05, 0) is 103 Å². The maximum Gasteiger partial charge on any atom is 0.115 e. The molecule has 0 spiro atoms. The van der Waals surface area contributed by atoms with E-state index >= 15 is 0 Å². The minimum absolute atomic E-state index is 0.00902. The van der Waals surface area contributed by atoms with Gasteiger partial charge in [-0.3, -0.25) is 0 Å². The van der Waals surface area contributed by atoms with Gasteiger partial charge in [-0.1, -0.05) is 41.1 Å². The fourth-order valence-electron chi connectivity index (χ4n) is 6.95. The van der Waals surface area contributed by atoms with Crippen LogP contribution in [0, 0.1) is 17.3 Å². The Labute approximate surface area is 176 Å². The van der Waals surface area contributed by atoms with E-state index in [1.165, 1.54) is 23.1 Å². The van der Waals surface area contributed by atoms with Gasteiger partial charge in [-0.25, -0.2) is 0 Å². The summed E-state index contributed by atoms with van der Waals surface area (Å²) in [4.78, 5) is 0. The molecular formula is C25H29BrO2. The normalized spacial score (nSPS) is 36.5. The van der Waals surface area contributed by atoms with Crippen molar-refractivity contribution in [3.63, 3.8) is 0 Å². The average Bonchev–Trinajstić information content (AvgIpc) is 2.92. The van der Waals surface area contributed by atoms with Gasteiger partial charge in [0.05, 0.1) is 5.60 Å². The SMILES string of the molecule is C[C@]12CCC3c4ccc(O)cc4CCC3C1CC[C@@]2(O)Cc1cccc(Br)c1. The highest BCUT2D eigenvalue weighted by atomic mass is 79.9. The summed E-state index contributed by atoms with van der Waals surface area (Å²) < 4.78 is 1.09. The molecule has 0 heterocycles. The summed E-state index contributed by atoms with van der Waals surface area (Å²) in [5.74, 6) is 2.23. The number of phenols is 1. The Morgan fingerprint density at radius 2 is 1.93 bits per heavy atom. The summed E-state index contributed by atoms with van der Waals surface area (Å²) in [6, 6.07) is 14.4. The summed E-state index contributed by atoms with van der Waals surface area (Å²) in [7, 11) is 0. The van der Waals surface area contributed by atoms with Crippen LogP contribution in [0.15, 0.2) is 46.9 Å². The van der Waals surface area contributed by atoms with Gasteiger partial charge in [0, 0.05) is 10.9 Å². The second kappa shape index (κ2) is 6.60. The summed E-state index contributed by atoms with van der Waals surface area (Å²) in [5.41, 5.74) is 3.40. The largest absolute Gasteiger partial charge is 0.508 e. The molecule has 3 heteroatoms. The Bertz CT molecular complexity index is 909. The Hall–Kier alpha value is -1.32. The second-order valence-corrected chi connectivity index (χ2v) is 10.5. The van der Waals surface area contributed by atoms with E-state index in [2.05, 4.69) is 53.2 Å². The van der Waals surface area contributed by atoms with Crippen LogP contribution in [0.5, 0.6) is 5.75 Å². The maximum absolute atomic E-state index is 11.9. The highest BCUT2D eigenvalue weighted by molar-refractivity contribution is 9.10. The molecule has 2 aromatic rings. The molecule has 2 saturated carbocycles. The molecule has 0 aliphatic heterocycles. The number of rotatable bonds is 2. The van der Waals surface area contributed by atoms with Crippen molar-refractivity contribution in [1.29, 1.82) is 0 Å². The summed E-state index contributed by atoms with van der Waals surface area (Å²) in [5, 5.41) is 21.7. The molecule has 5 atom stereocenters. The molecule has 2 aromatic carbocycles. The Kier molecular flexibility index (Phi) is 4.41. The number of aromatic hydroxyl groups is 1. The molecule has 0 radical (unpaired) electrons. The lowest BCUT2D eigenvalue weighted by molar-refractivity contribution is -0.102. The summed E-state index contributed by atoms with van der Waals surface area (Å²) in [6.07, 6.45) is 7.28. The quantitative estimate of drug-likeness (QED) is 0.602. The first-order valence-electron chi connectivity index (χ1n) is 10.7. The fraction of sp³-hybridized carbons (Fsp3) is 0.520. The van der Waals surface area contributed by atoms with Gasteiger partial charge < -0.3 is 10.2 Å². The van der Waals surface area contributed by atoms with Crippen molar-refractivity contribution in [1.82, 2.24) is 0 Å². The van der Waals surface area contributed by atoms with Gasteiger partial charge in [-0.2, -0.15) is 0 Å². The molecule has 3 aliphatic carbocycles. The van der Waals surface area contributed by atoms with Crippen LogP contribution in [0.4, 0.5) is 0 Å². The monoisotopic (exact) mass is 440 g/mol. The van der Waals surface area contributed by atoms with Crippen LogP contribution in [-0.4, -0.2) is 15.8 Å². The van der Waals surface area contributed by atoms with Crippen LogP contribution in [-0.2, 0) is 12.8 Å². The smallest absolute Gasteiger partial charge is 0.115 e. The highest BCUT2D eigenvalue weighted by Crippen LogP contribution is 2.64. The third kappa shape index (κ3) is 2.77. The number of aryl methyl sites for hydroxylation is 1. The van der Waals surface area contributed by atoms with Crippen molar-refractivity contribution in [2.75, 3.05) is 0 Å². The first-order chi connectivity index (χ1) is 13.4. The van der Waals surface area contributed by atoms with E-state index in [0.29, 0.717) is 23.5 Å². The average molecular weight is 441 g/mol. The Morgan fingerprint density at radius 3 is 2.75 bits per heavy atom. The standard InChI is InChI=1S/C25H29BrO2/c1-24-11-9-21-20-8-6-19(27)14-17(20)5-7-22(21)23(24)10-12-25(24,28)15-16-3-2-4-18(26)13-16/h2-4,6,8,13-14,21-23,27-28H,5,7,9-12,15H2,1H3/t21?,22?,23?,24-,25+/m0/s1. The zero-order chi connectivity index (χ0) is 19.5. The zero-order valence-corrected chi connectivity index (χ0v) is 18.1. The van der Waals surface area contributed by atoms with Gasteiger partial charge in [-0.15, -0.1) is 0 Å². The molecular weight excluding hydrogens is 412 g/mol. The van der Waals surface area contributed by atoms with E-state index in [4.69, 9.17) is 0 Å². The van der Waals surface area contributed by atoms with Gasteiger partial charge in [0.25, 0.3) is 0 Å². The highest BCUT2D eigenvalue weighted by Gasteiger charge is 2.61. The first kappa shape index (κ1) is 18.7. The van der Waals surface area contributed by atoms with Crippen molar-refractivity contribution < 1.29 is 10.2 Å². The Balaban J connectivity index is 1.45. The number of hydrogen-bond donors (Lipinski definition) is 2. The maximum atomic E-state index is 11.9. The number of aliphatic hydroxyl groups is 1. The van der Waals surface area contributed by atoms with E-state index in [1.807, 2.05) is 12.1 Å². The molecule has 0 aromatic heterocycles. The van der Waals surface area contributed by atoms with Gasteiger partial charge in [0.1, 0.15) is 5.75 Å². The van der Waals surface area contributed by atoms with E-state index in [-0.39, 0.29) is 5.41 Å². The third-order valence-electron chi connectivity index (χ3n) is 8.42. The van der Waals surface area contributed by atoms with Crippen LogP contribution in [0.1, 0.15) is 61.6 Å². The number of benzene rings is 2. The second-order valence-electron chi connectivity index (χ2n) is 9.63. The lowest BCUT2D eigenvalue weighted by atomic mass is 9.53. The van der Waals surface area contributed by atoms with Crippen LogP contribution < -0.4 is 0 Å². The van der Waals surface area contributed by atoms with Gasteiger partial charge in [0.2, 0.25) is 0 Å². The molecule has 2 N–H and O–H groups in total. The van der Waals surface area contributed by atoms with Gasteiger partial charge >= 0.3 is 0 Å². The van der Waals surface area contributed by atoms with E-state index < -0.39 is 5.60 Å². The molecule has 3 unspecified atom stereocenters. The molecule has 28 heavy (non-hydrogen) atoms. The third-order valence-corrected chi connectivity index (χ3v) is 8.91. The number of hydrogen-bond acceptors (Lipinski definition) is 2. The van der Waals surface area contributed by atoms with Crippen LogP contribution >= 0.6 is 15.9 Å². The number of fused-ring (bicyclic) bond motifs is 5. The van der Waals surface area contributed by atoms with E-state index in [1.54, 1.807) is 0 Å². The lowest BCUT2D eigenvalue weighted by Gasteiger charge is -2.53. The summed E-state index contributed by atoms with van der Waals surface area (Å²) >= 11 is 3.58. The molecule has 0 saturated heterocycles. The molecule has 148 valence electrons. The minimum Gasteiger partial charge on any atom is -0.508 e.